The number of benzene rings is 1. The van der Waals surface area contributed by atoms with Crippen LogP contribution in [0.15, 0.2) is 18.2 Å². The van der Waals surface area contributed by atoms with Crippen LogP contribution in [0.5, 0.6) is 5.75 Å². The van der Waals surface area contributed by atoms with E-state index in [2.05, 4.69) is 0 Å². The van der Waals surface area contributed by atoms with Crippen LogP contribution in [-0.4, -0.2) is 17.2 Å². The second kappa shape index (κ2) is 4.82. The number of hydrogen-bond acceptors (Lipinski definition) is 2. The fourth-order valence-electron chi connectivity index (χ4n) is 1.32. The predicted molar refractivity (Wildman–Crippen MR) is 58.5 cm³/mol. The normalized spacial score (nSPS) is 10.4. The zero-order valence-corrected chi connectivity index (χ0v) is 9.28. The molecule has 0 aromatic heterocycles. The first-order valence-electron chi connectivity index (χ1n) is 5.07. The molecule has 0 amide bonds. The van der Waals surface area contributed by atoms with E-state index >= 15 is 0 Å². The van der Waals surface area contributed by atoms with E-state index in [4.69, 9.17) is 9.84 Å². The molecule has 0 fully saturated rings. The van der Waals surface area contributed by atoms with E-state index in [1.54, 1.807) is 12.1 Å². The Morgan fingerprint density at radius 3 is 2.60 bits per heavy atom. The summed E-state index contributed by atoms with van der Waals surface area (Å²) in [7, 11) is 0. The van der Waals surface area contributed by atoms with Gasteiger partial charge in [0, 0.05) is 0 Å². The molecule has 0 atom stereocenters. The third-order valence-corrected chi connectivity index (χ3v) is 2.05. The second-order valence-corrected chi connectivity index (χ2v) is 3.66. The summed E-state index contributed by atoms with van der Waals surface area (Å²) in [6.45, 7) is 5.74. The van der Waals surface area contributed by atoms with Crippen LogP contribution in [0.25, 0.3) is 0 Å². The molecule has 0 radical (unpaired) electrons. The van der Waals surface area contributed by atoms with Gasteiger partial charge in [-0.3, -0.25) is 0 Å². The van der Waals surface area contributed by atoms with Crippen LogP contribution in [-0.2, 0) is 6.42 Å². The Morgan fingerprint density at radius 2 is 2.13 bits per heavy atom. The lowest BCUT2D eigenvalue weighted by Gasteiger charge is -2.12. The summed E-state index contributed by atoms with van der Waals surface area (Å²) in [6, 6.07) is 5.28. The number of ether oxygens (including phenoxy) is 1. The Hall–Kier alpha value is -1.51. The third kappa shape index (κ3) is 2.98. The van der Waals surface area contributed by atoms with Crippen molar-refractivity contribution in [3.05, 3.63) is 29.3 Å². The van der Waals surface area contributed by atoms with Crippen LogP contribution in [0.3, 0.4) is 0 Å². The molecule has 0 saturated heterocycles. The number of hydrogen-bond donors (Lipinski definition) is 1. The first-order chi connectivity index (χ1) is 7.04. The van der Waals surface area contributed by atoms with Crippen molar-refractivity contribution in [2.45, 2.75) is 33.3 Å². The van der Waals surface area contributed by atoms with Crippen molar-refractivity contribution in [1.82, 2.24) is 0 Å². The Balaban J connectivity index is 3.09. The highest BCUT2D eigenvalue weighted by atomic mass is 16.5. The van der Waals surface area contributed by atoms with Crippen molar-refractivity contribution in [3.8, 4) is 5.75 Å². The molecule has 3 heteroatoms. The lowest BCUT2D eigenvalue weighted by Crippen LogP contribution is -2.10. The molecule has 3 nitrogen and oxygen atoms in total. The van der Waals surface area contributed by atoms with Crippen molar-refractivity contribution >= 4 is 5.97 Å². The maximum Gasteiger partial charge on any atom is 0.339 e. The standard InChI is InChI=1S/C12H16O3/c1-4-9-5-6-11(15-8(2)3)10(7-9)12(13)14/h5-8H,4H2,1-3H3,(H,13,14). The summed E-state index contributed by atoms with van der Waals surface area (Å²) >= 11 is 0. The van der Waals surface area contributed by atoms with Gasteiger partial charge in [0.1, 0.15) is 11.3 Å². The molecule has 0 unspecified atom stereocenters. The highest BCUT2D eigenvalue weighted by Gasteiger charge is 2.12. The van der Waals surface area contributed by atoms with E-state index in [0.717, 1.165) is 12.0 Å². The van der Waals surface area contributed by atoms with Gasteiger partial charge in [-0.2, -0.15) is 0 Å². The Bertz CT molecular complexity index is 356. The van der Waals surface area contributed by atoms with E-state index in [1.165, 1.54) is 0 Å². The lowest BCUT2D eigenvalue weighted by atomic mass is 10.1. The van der Waals surface area contributed by atoms with Gasteiger partial charge < -0.3 is 9.84 Å². The van der Waals surface area contributed by atoms with Crippen molar-refractivity contribution in [2.75, 3.05) is 0 Å². The van der Waals surface area contributed by atoms with Gasteiger partial charge in [0.2, 0.25) is 0 Å². The summed E-state index contributed by atoms with van der Waals surface area (Å²) in [5.74, 6) is -0.504. The number of aromatic carboxylic acids is 1. The zero-order chi connectivity index (χ0) is 11.4. The van der Waals surface area contributed by atoms with Crippen molar-refractivity contribution in [2.24, 2.45) is 0 Å². The number of rotatable bonds is 4. The van der Waals surface area contributed by atoms with Gasteiger partial charge in [0.15, 0.2) is 0 Å². The summed E-state index contributed by atoms with van der Waals surface area (Å²) in [4.78, 5) is 11.0. The molecular weight excluding hydrogens is 192 g/mol. The topological polar surface area (TPSA) is 46.5 Å². The van der Waals surface area contributed by atoms with Crippen LogP contribution < -0.4 is 4.74 Å². The highest BCUT2D eigenvalue weighted by Crippen LogP contribution is 2.21. The number of aryl methyl sites for hydroxylation is 1. The van der Waals surface area contributed by atoms with Gasteiger partial charge in [0.25, 0.3) is 0 Å². The SMILES string of the molecule is CCc1ccc(OC(C)C)c(C(=O)O)c1. The maximum absolute atomic E-state index is 11.0. The molecule has 0 spiro atoms. The zero-order valence-electron chi connectivity index (χ0n) is 9.28. The van der Waals surface area contributed by atoms with E-state index in [-0.39, 0.29) is 11.7 Å². The van der Waals surface area contributed by atoms with Gasteiger partial charge in [-0.1, -0.05) is 13.0 Å². The van der Waals surface area contributed by atoms with Crippen molar-refractivity contribution in [3.63, 3.8) is 0 Å². The van der Waals surface area contributed by atoms with Crippen LogP contribution >= 0.6 is 0 Å². The quantitative estimate of drug-likeness (QED) is 0.827. The largest absolute Gasteiger partial charge is 0.490 e. The average Bonchev–Trinajstić information content (AvgIpc) is 2.17. The molecule has 15 heavy (non-hydrogen) atoms. The van der Waals surface area contributed by atoms with E-state index < -0.39 is 5.97 Å². The molecule has 0 heterocycles. The maximum atomic E-state index is 11.0. The third-order valence-electron chi connectivity index (χ3n) is 2.05. The van der Waals surface area contributed by atoms with Crippen LogP contribution in [0.4, 0.5) is 0 Å². The van der Waals surface area contributed by atoms with Gasteiger partial charge in [-0.05, 0) is 38.0 Å². The van der Waals surface area contributed by atoms with Crippen LogP contribution in [0.2, 0.25) is 0 Å². The molecule has 1 N–H and O–H groups in total. The fourth-order valence-corrected chi connectivity index (χ4v) is 1.32. The predicted octanol–water partition coefficient (Wildman–Crippen LogP) is 2.73. The first kappa shape index (κ1) is 11.6. The van der Waals surface area contributed by atoms with E-state index in [1.807, 2.05) is 26.8 Å². The summed E-state index contributed by atoms with van der Waals surface area (Å²) in [5, 5.41) is 9.02. The molecule has 0 bridgehead atoms. The Kier molecular flexibility index (Phi) is 3.72. The molecule has 1 aromatic carbocycles. The van der Waals surface area contributed by atoms with Gasteiger partial charge in [0.05, 0.1) is 6.10 Å². The molecule has 1 rings (SSSR count). The summed E-state index contributed by atoms with van der Waals surface area (Å²) in [5.41, 5.74) is 1.24. The van der Waals surface area contributed by atoms with Gasteiger partial charge in [-0.25, -0.2) is 4.79 Å². The van der Waals surface area contributed by atoms with E-state index in [0.29, 0.717) is 5.75 Å². The van der Waals surface area contributed by atoms with Crippen molar-refractivity contribution in [1.29, 1.82) is 0 Å². The van der Waals surface area contributed by atoms with Crippen LogP contribution in [0.1, 0.15) is 36.7 Å². The molecular formula is C12H16O3. The molecule has 0 saturated carbocycles. The number of carboxylic acid groups (broad SMARTS) is 1. The minimum absolute atomic E-state index is 0.0180. The minimum atomic E-state index is -0.944. The van der Waals surface area contributed by atoms with E-state index in [9.17, 15) is 4.79 Å². The number of carbonyl (C=O) groups is 1. The smallest absolute Gasteiger partial charge is 0.339 e. The summed E-state index contributed by atoms with van der Waals surface area (Å²) in [6.07, 6.45) is 0.804. The van der Waals surface area contributed by atoms with Crippen molar-refractivity contribution < 1.29 is 14.6 Å². The van der Waals surface area contributed by atoms with Gasteiger partial charge >= 0.3 is 5.97 Å². The molecule has 1 aromatic rings. The van der Waals surface area contributed by atoms with Crippen LogP contribution in [0, 0.1) is 0 Å². The molecule has 0 aliphatic heterocycles. The average molecular weight is 208 g/mol. The first-order valence-corrected chi connectivity index (χ1v) is 5.07. The molecule has 0 aliphatic rings. The molecule has 0 aliphatic carbocycles. The Morgan fingerprint density at radius 1 is 1.47 bits per heavy atom. The Labute approximate surface area is 89.7 Å². The second-order valence-electron chi connectivity index (χ2n) is 3.66. The molecule has 82 valence electrons. The lowest BCUT2D eigenvalue weighted by molar-refractivity contribution is 0.0690. The monoisotopic (exact) mass is 208 g/mol. The minimum Gasteiger partial charge on any atom is -0.490 e. The number of carboxylic acids is 1. The highest BCUT2D eigenvalue weighted by molar-refractivity contribution is 5.91. The summed E-state index contributed by atoms with van der Waals surface area (Å²) < 4.78 is 5.43. The fraction of sp³-hybridized carbons (Fsp3) is 0.417. The van der Waals surface area contributed by atoms with Gasteiger partial charge in [-0.15, -0.1) is 0 Å².